The van der Waals surface area contributed by atoms with Gasteiger partial charge in [-0.05, 0) is 24.7 Å². The molecule has 1 aliphatic rings. The van der Waals surface area contributed by atoms with Gasteiger partial charge in [0.2, 0.25) is 5.91 Å². The first-order chi connectivity index (χ1) is 9.15. The summed E-state index contributed by atoms with van der Waals surface area (Å²) < 4.78 is 18.3. The topological polar surface area (TPSA) is 32.8 Å². The van der Waals surface area contributed by atoms with Crippen molar-refractivity contribution in [2.24, 2.45) is 0 Å². The lowest BCUT2D eigenvalue weighted by Gasteiger charge is -2.28. The van der Waals surface area contributed by atoms with Gasteiger partial charge in [0.25, 0.3) is 0 Å². The van der Waals surface area contributed by atoms with Crippen LogP contribution in [0.2, 0.25) is 0 Å². The molecule has 4 nitrogen and oxygen atoms in total. The zero-order valence-electron chi connectivity index (χ0n) is 11.1. The summed E-state index contributed by atoms with van der Waals surface area (Å²) in [6, 6.07) is 6.46. The van der Waals surface area contributed by atoms with E-state index in [9.17, 15) is 9.18 Å². The molecule has 0 aliphatic carbocycles. The third-order valence-corrected chi connectivity index (χ3v) is 3.11. The van der Waals surface area contributed by atoms with Gasteiger partial charge in [-0.25, -0.2) is 4.39 Å². The van der Waals surface area contributed by atoms with E-state index in [1.807, 2.05) is 22.9 Å². The lowest BCUT2D eigenvalue weighted by molar-refractivity contribution is -0.136. The molecule has 19 heavy (non-hydrogen) atoms. The van der Waals surface area contributed by atoms with E-state index in [0.29, 0.717) is 39.4 Å². The lowest BCUT2D eigenvalue weighted by atomic mass is 10.2. The Bertz CT molecular complexity index is 433. The van der Waals surface area contributed by atoms with E-state index in [-0.39, 0.29) is 11.7 Å². The average molecular weight is 266 g/mol. The molecule has 1 aromatic rings. The Balaban J connectivity index is 1.83. The van der Waals surface area contributed by atoms with Crippen LogP contribution in [0.1, 0.15) is 5.56 Å². The fraction of sp³-hybridized carbons (Fsp3) is 0.500. The van der Waals surface area contributed by atoms with Gasteiger partial charge in [-0.1, -0.05) is 12.1 Å². The van der Waals surface area contributed by atoms with Crippen LogP contribution in [0, 0.1) is 5.82 Å². The maximum Gasteiger partial charge on any atom is 0.236 e. The third-order valence-electron chi connectivity index (χ3n) is 3.11. The largest absolute Gasteiger partial charge is 0.378 e. The number of likely N-dealkylation sites (N-methyl/N-ethyl adjacent to an activating group) is 1. The van der Waals surface area contributed by atoms with Gasteiger partial charge < -0.3 is 9.64 Å². The number of nitrogens with zero attached hydrogens (tertiary/aromatic N) is 2. The summed E-state index contributed by atoms with van der Waals surface area (Å²) >= 11 is 0. The van der Waals surface area contributed by atoms with Crippen molar-refractivity contribution >= 4 is 5.91 Å². The minimum Gasteiger partial charge on any atom is -0.378 e. The minimum absolute atomic E-state index is 0.0993. The Kier molecular flexibility index (Phi) is 4.87. The lowest BCUT2D eigenvalue weighted by Crippen LogP contribution is -2.44. The van der Waals surface area contributed by atoms with Crippen molar-refractivity contribution in [2.75, 3.05) is 39.9 Å². The number of amides is 1. The predicted molar refractivity (Wildman–Crippen MR) is 70.1 cm³/mol. The Hall–Kier alpha value is -1.46. The summed E-state index contributed by atoms with van der Waals surface area (Å²) in [7, 11) is 1.86. The van der Waals surface area contributed by atoms with Crippen LogP contribution >= 0.6 is 0 Å². The summed E-state index contributed by atoms with van der Waals surface area (Å²) in [5, 5.41) is 0. The first kappa shape index (κ1) is 14.0. The fourth-order valence-corrected chi connectivity index (χ4v) is 2.15. The second-order valence-corrected chi connectivity index (χ2v) is 4.80. The zero-order chi connectivity index (χ0) is 13.7. The second-order valence-electron chi connectivity index (χ2n) is 4.80. The number of hydrogen-bond acceptors (Lipinski definition) is 3. The van der Waals surface area contributed by atoms with Gasteiger partial charge >= 0.3 is 0 Å². The van der Waals surface area contributed by atoms with Gasteiger partial charge in [0, 0.05) is 19.6 Å². The standard InChI is InChI=1S/C14H19FN2O2/c1-16(10-12-3-2-4-13(15)9-12)11-14(18)17-5-7-19-8-6-17/h2-4,9H,5-8,10-11H2,1H3. The van der Waals surface area contributed by atoms with Gasteiger partial charge in [0.1, 0.15) is 5.82 Å². The quantitative estimate of drug-likeness (QED) is 0.818. The SMILES string of the molecule is CN(CC(=O)N1CCOCC1)Cc1cccc(F)c1. The maximum absolute atomic E-state index is 13.1. The molecule has 1 saturated heterocycles. The molecule has 1 aromatic carbocycles. The van der Waals surface area contributed by atoms with Crippen LogP contribution < -0.4 is 0 Å². The van der Waals surface area contributed by atoms with Crippen LogP contribution in [-0.2, 0) is 16.1 Å². The molecule has 0 unspecified atom stereocenters. The Morgan fingerprint density at radius 1 is 1.42 bits per heavy atom. The molecular formula is C14H19FN2O2. The van der Waals surface area contributed by atoms with Crippen LogP contribution in [0.25, 0.3) is 0 Å². The second kappa shape index (κ2) is 6.63. The highest BCUT2D eigenvalue weighted by molar-refractivity contribution is 5.78. The predicted octanol–water partition coefficient (Wildman–Crippen LogP) is 1.12. The molecule has 0 N–H and O–H groups in total. The van der Waals surface area contributed by atoms with Crippen LogP contribution in [0.5, 0.6) is 0 Å². The summed E-state index contributed by atoms with van der Waals surface area (Å²) in [5.41, 5.74) is 0.872. The average Bonchev–Trinajstić information content (AvgIpc) is 2.39. The molecule has 0 bridgehead atoms. The number of benzene rings is 1. The van der Waals surface area contributed by atoms with Gasteiger partial charge in [-0.2, -0.15) is 0 Å². The molecule has 104 valence electrons. The van der Waals surface area contributed by atoms with Crippen molar-refractivity contribution in [1.29, 1.82) is 0 Å². The molecule has 1 fully saturated rings. The van der Waals surface area contributed by atoms with Crippen LogP contribution in [-0.4, -0.2) is 55.6 Å². The summed E-state index contributed by atoms with van der Waals surface area (Å²) in [6.45, 7) is 3.45. The number of morpholine rings is 1. The normalized spacial score (nSPS) is 15.8. The van der Waals surface area contributed by atoms with E-state index in [4.69, 9.17) is 4.74 Å². The van der Waals surface area contributed by atoms with Gasteiger partial charge in [0.05, 0.1) is 19.8 Å². The van der Waals surface area contributed by atoms with Crippen molar-refractivity contribution in [3.05, 3.63) is 35.6 Å². The number of ether oxygens (including phenoxy) is 1. The molecule has 0 spiro atoms. The van der Waals surface area contributed by atoms with Crippen LogP contribution in [0.15, 0.2) is 24.3 Å². The first-order valence-electron chi connectivity index (χ1n) is 6.43. The highest BCUT2D eigenvalue weighted by atomic mass is 19.1. The van der Waals surface area contributed by atoms with Gasteiger partial charge in [0.15, 0.2) is 0 Å². The zero-order valence-corrected chi connectivity index (χ0v) is 11.1. The van der Waals surface area contributed by atoms with E-state index in [1.165, 1.54) is 12.1 Å². The fourth-order valence-electron chi connectivity index (χ4n) is 2.15. The number of rotatable bonds is 4. The summed E-state index contributed by atoms with van der Waals surface area (Å²) in [5.74, 6) is -0.146. The summed E-state index contributed by atoms with van der Waals surface area (Å²) in [4.78, 5) is 15.7. The number of carbonyl (C=O) groups excluding carboxylic acids is 1. The number of carbonyl (C=O) groups is 1. The molecule has 1 amide bonds. The van der Waals surface area contributed by atoms with Crippen LogP contribution in [0.3, 0.4) is 0 Å². The van der Waals surface area contributed by atoms with Crippen LogP contribution in [0.4, 0.5) is 4.39 Å². The smallest absolute Gasteiger partial charge is 0.236 e. The molecule has 2 rings (SSSR count). The van der Waals surface area contributed by atoms with E-state index in [2.05, 4.69) is 0 Å². The highest BCUT2D eigenvalue weighted by Gasteiger charge is 2.18. The molecule has 0 atom stereocenters. The van der Waals surface area contributed by atoms with Crippen molar-refractivity contribution in [1.82, 2.24) is 9.80 Å². The molecule has 1 aliphatic heterocycles. The van der Waals surface area contributed by atoms with Gasteiger partial charge in [-0.15, -0.1) is 0 Å². The minimum atomic E-state index is -0.245. The Labute approximate surface area is 112 Å². The maximum atomic E-state index is 13.1. The molecular weight excluding hydrogens is 247 g/mol. The number of hydrogen-bond donors (Lipinski definition) is 0. The first-order valence-corrected chi connectivity index (χ1v) is 6.43. The van der Waals surface area contributed by atoms with E-state index in [0.717, 1.165) is 5.56 Å². The third kappa shape index (κ3) is 4.29. The van der Waals surface area contributed by atoms with Crippen molar-refractivity contribution in [3.8, 4) is 0 Å². The van der Waals surface area contributed by atoms with Crippen molar-refractivity contribution in [3.63, 3.8) is 0 Å². The molecule has 5 heteroatoms. The Morgan fingerprint density at radius 3 is 2.84 bits per heavy atom. The van der Waals surface area contributed by atoms with E-state index < -0.39 is 0 Å². The molecule has 0 aromatic heterocycles. The molecule has 0 saturated carbocycles. The van der Waals surface area contributed by atoms with Gasteiger partial charge in [-0.3, -0.25) is 9.69 Å². The number of halogens is 1. The molecule has 0 radical (unpaired) electrons. The van der Waals surface area contributed by atoms with E-state index in [1.54, 1.807) is 6.07 Å². The molecule has 1 heterocycles. The summed E-state index contributed by atoms with van der Waals surface area (Å²) in [6.07, 6.45) is 0. The highest BCUT2D eigenvalue weighted by Crippen LogP contribution is 2.07. The van der Waals surface area contributed by atoms with Crippen molar-refractivity contribution in [2.45, 2.75) is 6.54 Å². The monoisotopic (exact) mass is 266 g/mol. The Morgan fingerprint density at radius 2 is 2.16 bits per heavy atom. The van der Waals surface area contributed by atoms with Crippen molar-refractivity contribution < 1.29 is 13.9 Å². The van der Waals surface area contributed by atoms with E-state index >= 15 is 0 Å².